The van der Waals surface area contributed by atoms with Crippen LogP contribution in [0.5, 0.6) is 5.88 Å². The molecule has 86 valence electrons. The highest BCUT2D eigenvalue weighted by Gasteiger charge is 2.12. The van der Waals surface area contributed by atoms with Crippen LogP contribution in [0.25, 0.3) is 0 Å². The number of aromatic nitrogens is 2. The third-order valence-electron chi connectivity index (χ3n) is 2.22. The van der Waals surface area contributed by atoms with E-state index in [1.54, 1.807) is 11.8 Å². The summed E-state index contributed by atoms with van der Waals surface area (Å²) in [6.45, 7) is 3.72. The van der Waals surface area contributed by atoms with Gasteiger partial charge in [-0.15, -0.1) is 0 Å². The summed E-state index contributed by atoms with van der Waals surface area (Å²) in [4.78, 5) is 0. The largest absolute Gasteiger partial charge is 0.478 e. The predicted octanol–water partition coefficient (Wildman–Crippen LogP) is 0.603. The molecule has 0 amide bonds. The van der Waals surface area contributed by atoms with Gasteiger partial charge in [-0.2, -0.15) is 5.10 Å². The summed E-state index contributed by atoms with van der Waals surface area (Å²) in [5, 5.41) is 4.26. The molecule has 0 aliphatic carbocycles. The maximum atomic E-state index is 5.64. The minimum atomic E-state index is 0.458. The maximum Gasteiger partial charge on any atom is 0.216 e. The van der Waals surface area contributed by atoms with E-state index in [1.165, 1.54) is 0 Å². The Balaban J connectivity index is 2.59. The second-order valence-corrected chi connectivity index (χ2v) is 3.39. The van der Waals surface area contributed by atoms with E-state index in [-0.39, 0.29) is 0 Å². The van der Waals surface area contributed by atoms with E-state index >= 15 is 0 Å². The molecule has 0 spiro atoms. The molecule has 5 nitrogen and oxygen atoms in total. The first kappa shape index (κ1) is 12.0. The Bertz CT molecular complexity index is 310. The highest BCUT2D eigenvalue weighted by Crippen LogP contribution is 2.20. The van der Waals surface area contributed by atoms with Crippen LogP contribution in [0.3, 0.4) is 0 Å². The second kappa shape index (κ2) is 5.72. The zero-order chi connectivity index (χ0) is 11.3. The molecular weight excluding hydrogens is 194 g/mol. The standard InChI is InChI=1S/C10H19N3O2/c1-8-9(7-11)10(13(2)12-8)15-6-4-5-14-3/h4-7,11H2,1-3H3. The van der Waals surface area contributed by atoms with Crippen LogP contribution in [0.15, 0.2) is 0 Å². The zero-order valence-corrected chi connectivity index (χ0v) is 9.62. The normalized spacial score (nSPS) is 10.7. The summed E-state index contributed by atoms with van der Waals surface area (Å²) in [5.74, 6) is 0.770. The average Bonchev–Trinajstić information content (AvgIpc) is 2.48. The van der Waals surface area contributed by atoms with E-state index in [4.69, 9.17) is 15.2 Å². The van der Waals surface area contributed by atoms with Crippen LogP contribution in [0.2, 0.25) is 0 Å². The fourth-order valence-corrected chi connectivity index (χ4v) is 1.47. The SMILES string of the molecule is COCCCOc1c(CN)c(C)nn1C. The molecule has 0 fully saturated rings. The Kier molecular flexibility index (Phi) is 4.58. The molecule has 1 aromatic heterocycles. The lowest BCUT2D eigenvalue weighted by Crippen LogP contribution is -2.07. The van der Waals surface area contributed by atoms with Gasteiger partial charge in [0.1, 0.15) is 0 Å². The zero-order valence-electron chi connectivity index (χ0n) is 9.62. The molecule has 0 bridgehead atoms. The molecule has 0 unspecified atom stereocenters. The van der Waals surface area contributed by atoms with Crippen LogP contribution in [0.4, 0.5) is 0 Å². The predicted molar refractivity (Wildman–Crippen MR) is 57.8 cm³/mol. The summed E-state index contributed by atoms with van der Waals surface area (Å²) >= 11 is 0. The Labute approximate surface area is 90.2 Å². The fraction of sp³-hybridized carbons (Fsp3) is 0.700. The van der Waals surface area contributed by atoms with Crippen LogP contribution in [0, 0.1) is 6.92 Å². The molecular formula is C10H19N3O2. The highest BCUT2D eigenvalue weighted by atomic mass is 16.5. The van der Waals surface area contributed by atoms with E-state index in [1.807, 2.05) is 14.0 Å². The van der Waals surface area contributed by atoms with Crippen LogP contribution in [-0.2, 0) is 18.3 Å². The first-order valence-electron chi connectivity index (χ1n) is 5.05. The van der Waals surface area contributed by atoms with Crippen molar-refractivity contribution in [3.63, 3.8) is 0 Å². The van der Waals surface area contributed by atoms with Crippen LogP contribution < -0.4 is 10.5 Å². The van der Waals surface area contributed by atoms with Gasteiger partial charge in [0.15, 0.2) is 0 Å². The number of nitrogens with zero attached hydrogens (tertiary/aromatic N) is 2. The smallest absolute Gasteiger partial charge is 0.216 e. The second-order valence-electron chi connectivity index (χ2n) is 3.39. The van der Waals surface area contributed by atoms with Crippen molar-refractivity contribution in [2.75, 3.05) is 20.3 Å². The van der Waals surface area contributed by atoms with E-state index in [0.29, 0.717) is 19.8 Å². The minimum Gasteiger partial charge on any atom is -0.478 e. The Morgan fingerprint density at radius 1 is 1.40 bits per heavy atom. The molecule has 15 heavy (non-hydrogen) atoms. The van der Waals surface area contributed by atoms with Gasteiger partial charge in [0.2, 0.25) is 5.88 Å². The van der Waals surface area contributed by atoms with E-state index < -0.39 is 0 Å². The van der Waals surface area contributed by atoms with Crippen molar-refractivity contribution in [2.24, 2.45) is 12.8 Å². The molecule has 2 N–H and O–H groups in total. The Morgan fingerprint density at radius 3 is 2.73 bits per heavy atom. The van der Waals surface area contributed by atoms with Crippen LogP contribution in [0.1, 0.15) is 17.7 Å². The summed E-state index contributed by atoms with van der Waals surface area (Å²) in [6.07, 6.45) is 0.866. The molecule has 5 heteroatoms. The lowest BCUT2D eigenvalue weighted by molar-refractivity contribution is 0.168. The lowest BCUT2D eigenvalue weighted by atomic mass is 10.2. The van der Waals surface area contributed by atoms with Crippen molar-refractivity contribution in [1.29, 1.82) is 0 Å². The number of aryl methyl sites for hydroxylation is 2. The highest BCUT2D eigenvalue weighted by molar-refractivity contribution is 5.30. The molecule has 1 rings (SSSR count). The molecule has 0 saturated heterocycles. The number of hydrogen-bond acceptors (Lipinski definition) is 4. The molecule has 0 aliphatic heterocycles. The van der Waals surface area contributed by atoms with Gasteiger partial charge in [-0.05, 0) is 6.92 Å². The van der Waals surface area contributed by atoms with Gasteiger partial charge in [-0.3, -0.25) is 0 Å². The Morgan fingerprint density at radius 2 is 2.13 bits per heavy atom. The number of rotatable bonds is 6. The summed E-state index contributed by atoms with van der Waals surface area (Å²) in [7, 11) is 3.54. The van der Waals surface area contributed by atoms with Gasteiger partial charge in [-0.1, -0.05) is 0 Å². The molecule has 1 aromatic rings. The lowest BCUT2D eigenvalue weighted by Gasteiger charge is -2.07. The average molecular weight is 213 g/mol. The number of methoxy groups -OCH3 is 1. The van der Waals surface area contributed by atoms with Crippen molar-refractivity contribution in [2.45, 2.75) is 19.9 Å². The Hall–Kier alpha value is -1.07. The van der Waals surface area contributed by atoms with Crippen molar-refractivity contribution in [3.05, 3.63) is 11.3 Å². The van der Waals surface area contributed by atoms with E-state index in [2.05, 4.69) is 5.10 Å². The molecule has 0 atom stereocenters. The van der Waals surface area contributed by atoms with Crippen molar-refractivity contribution < 1.29 is 9.47 Å². The summed E-state index contributed by atoms with van der Waals surface area (Å²) in [5.41, 5.74) is 7.55. The van der Waals surface area contributed by atoms with Crippen LogP contribution in [-0.4, -0.2) is 30.1 Å². The molecule has 1 heterocycles. The number of nitrogens with two attached hydrogens (primary N) is 1. The quantitative estimate of drug-likeness (QED) is 0.703. The van der Waals surface area contributed by atoms with Gasteiger partial charge in [0, 0.05) is 33.7 Å². The van der Waals surface area contributed by atoms with E-state index in [0.717, 1.165) is 23.6 Å². The summed E-state index contributed by atoms with van der Waals surface area (Å²) < 4.78 is 12.3. The molecule has 0 saturated carbocycles. The third-order valence-corrected chi connectivity index (χ3v) is 2.22. The summed E-state index contributed by atoms with van der Waals surface area (Å²) in [6, 6.07) is 0. The van der Waals surface area contributed by atoms with Gasteiger partial charge in [0.05, 0.1) is 17.9 Å². The topological polar surface area (TPSA) is 62.3 Å². The van der Waals surface area contributed by atoms with E-state index in [9.17, 15) is 0 Å². The van der Waals surface area contributed by atoms with Gasteiger partial charge < -0.3 is 15.2 Å². The molecule has 0 radical (unpaired) electrons. The molecule has 0 aromatic carbocycles. The monoisotopic (exact) mass is 213 g/mol. The van der Waals surface area contributed by atoms with Crippen molar-refractivity contribution in [1.82, 2.24) is 9.78 Å². The van der Waals surface area contributed by atoms with Crippen molar-refractivity contribution >= 4 is 0 Å². The van der Waals surface area contributed by atoms with Crippen LogP contribution >= 0.6 is 0 Å². The van der Waals surface area contributed by atoms with Gasteiger partial charge >= 0.3 is 0 Å². The first-order valence-corrected chi connectivity index (χ1v) is 5.05. The maximum absolute atomic E-state index is 5.64. The van der Waals surface area contributed by atoms with Gasteiger partial charge in [-0.25, -0.2) is 4.68 Å². The third kappa shape index (κ3) is 2.94. The molecule has 0 aliphatic rings. The first-order chi connectivity index (χ1) is 7.20. The minimum absolute atomic E-state index is 0.458. The van der Waals surface area contributed by atoms with Crippen molar-refractivity contribution in [3.8, 4) is 5.88 Å². The van der Waals surface area contributed by atoms with Gasteiger partial charge in [0.25, 0.3) is 0 Å². The number of ether oxygens (including phenoxy) is 2. The number of hydrogen-bond donors (Lipinski definition) is 1. The fourth-order valence-electron chi connectivity index (χ4n) is 1.47.